The van der Waals surface area contributed by atoms with Crippen LogP contribution in [-0.4, -0.2) is 114 Å². The molecule has 28 nitrogen and oxygen atoms in total. The van der Waals surface area contributed by atoms with E-state index in [1.807, 2.05) is 249 Å². The molecule has 10 aromatic heterocycles. The highest BCUT2D eigenvalue weighted by Crippen LogP contribution is 2.41. The lowest BCUT2D eigenvalue weighted by atomic mass is 10.0. The summed E-state index contributed by atoms with van der Waals surface area (Å²) in [5.41, 5.74) is 43.4. The average molecular weight is 1880 g/mol. The number of thiophene rings is 5. The smallest absolute Gasteiger partial charge is 0.262 e. The van der Waals surface area contributed by atoms with Crippen LogP contribution in [0.25, 0.3) is 80.2 Å². The summed E-state index contributed by atoms with van der Waals surface area (Å²) in [4.78, 5) is 85.7. The van der Waals surface area contributed by atoms with Crippen molar-refractivity contribution in [3.63, 3.8) is 0 Å². The van der Waals surface area contributed by atoms with E-state index < -0.39 is 33.7 Å². The number of benzene rings is 10. The Labute approximate surface area is 781 Å². The van der Waals surface area contributed by atoms with Gasteiger partial charge in [-0.2, -0.15) is 0 Å². The van der Waals surface area contributed by atoms with Crippen LogP contribution in [0.3, 0.4) is 0 Å². The molecule has 0 bridgehead atoms. The number of nitrogens with one attached hydrogen (secondary N) is 1. The van der Waals surface area contributed by atoms with E-state index in [0.717, 1.165) is 133 Å². The lowest BCUT2D eigenvalue weighted by Crippen LogP contribution is -2.16. The number of hydrogen-bond acceptors (Lipinski definition) is 22. The fraction of sp³-hybridized carbons (Fsp3) is 0.0707. The number of hydrogen-bond donors (Lipinski definition) is 6. The second-order valence-corrected chi connectivity index (χ2v) is 36.1. The number of ether oxygens (including phenoxy) is 4. The third-order valence-corrected chi connectivity index (χ3v) is 27.9. The van der Waals surface area contributed by atoms with Crippen LogP contribution in [0.1, 0.15) is 76.2 Å². The van der Waals surface area contributed by atoms with Crippen LogP contribution in [0.2, 0.25) is 0 Å². The van der Waals surface area contributed by atoms with E-state index in [-0.39, 0.29) is 28.0 Å². The lowest BCUT2D eigenvalue weighted by molar-refractivity contribution is 0.0992. The number of aryl methyl sites for hydroxylation is 2. The first-order valence-corrected chi connectivity index (χ1v) is 46.3. The average Bonchev–Trinajstić information content (AvgIpc) is 1.65. The first kappa shape index (κ1) is 90.1. The van der Waals surface area contributed by atoms with E-state index in [1.54, 1.807) is 93.9 Å². The van der Waals surface area contributed by atoms with E-state index in [4.69, 9.17) is 47.6 Å². The van der Waals surface area contributed by atoms with Gasteiger partial charge in [0.2, 0.25) is 0 Å². The quantitative estimate of drug-likeness (QED) is 0.0306. The van der Waals surface area contributed by atoms with Gasteiger partial charge in [-0.05, 0) is 151 Å². The molecule has 10 aromatic carbocycles. The zero-order valence-corrected chi connectivity index (χ0v) is 76.3. The van der Waals surface area contributed by atoms with Gasteiger partial charge in [0.15, 0.2) is 11.5 Å². The molecule has 11 N–H and O–H groups in total. The standard InChI is InChI=1S/C22H21N3O5S.C20H17N3OS.C20H13N3OS.C19H16N4OS.C18H14N4O3S2/c1-27-14-6-4-13(5-7-14)11-30-19-10-20(31-21(19)22(23)26)25-12-24-15-8-17(28-2)18(29-3)9-16(15)25;2*21-20(24)19-15(11-10-14-6-2-1-3-7-14)12-18(25-19)23-13-22-16-8-4-5-9-17(16)23;1-22(13-7-3-2-4-8-13)16-11-17(25-18(16)19(20)24)23-12-21-14-9-5-6-10-15(14)23;19-18(23)17-14(21-27(24,25)12-6-2-1-3-7-12)10-16(26-17)22-11-20-13-8-4-5-9-15(13)22/h4-10,12H,11H2,1-3H3,(H2,23,26);1-9,12-13H,10-11H2,(H2,21,24);1-9,12-13H,(H2,21,24);2-12H,1H3,(H2,20,24);1-11,21H,(H2,19,23). The van der Waals surface area contributed by atoms with Crippen LogP contribution in [0.15, 0.2) is 322 Å². The van der Waals surface area contributed by atoms with Crippen LogP contribution >= 0.6 is 56.7 Å². The van der Waals surface area contributed by atoms with E-state index in [0.29, 0.717) is 47.3 Å². The van der Waals surface area contributed by atoms with Crippen LogP contribution in [0.5, 0.6) is 23.0 Å². The van der Waals surface area contributed by atoms with Gasteiger partial charge in [-0.15, -0.1) is 56.7 Å². The number of nitrogens with zero attached hydrogens (tertiary/aromatic N) is 11. The fourth-order valence-corrected chi connectivity index (χ4v) is 20.3. The number of sulfonamides is 1. The second-order valence-electron chi connectivity index (χ2n) is 29.3. The van der Waals surface area contributed by atoms with Gasteiger partial charge in [-0.3, -0.25) is 51.5 Å². The topological polar surface area (TPSA) is 391 Å². The summed E-state index contributed by atoms with van der Waals surface area (Å²) >= 11 is 6.45. The van der Waals surface area contributed by atoms with Gasteiger partial charge in [0.1, 0.15) is 94.3 Å². The maximum absolute atomic E-state index is 12.6. The van der Waals surface area contributed by atoms with Gasteiger partial charge < -0.3 is 52.5 Å². The summed E-state index contributed by atoms with van der Waals surface area (Å²) in [5, 5.41) is 4.10. The lowest BCUT2D eigenvalue weighted by Gasteiger charge is -2.18. The summed E-state index contributed by atoms with van der Waals surface area (Å²) in [6.07, 6.45) is 10.3. The Morgan fingerprint density at radius 2 is 0.789 bits per heavy atom. The fourth-order valence-electron chi connectivity index (χ4n) is 14.2. The van der Waals surface area contributed by atoms with Crippen molar-refractivity contribution in [2.24, 2.45) is 28.7 Å². The Balaban J connectivity index is 0.000000121. The van der Waals surface area contributed by atoms with Gasteiger partial charge in [0.25, 0.3) is 39.6 Å². The molecule has 0 atom stereocenters. The second kappa shape index (κ2) is 40.6. The SMILES string of the molecule is CN(c1ccccc1)c1cc(-n2cnc3ccccc32)sc1C(N)=O.COc1ccc(COc2cc(-n3cnc4cc(OC)c(OC)cc43)sc2C(N)=O)cc1.NC(=O)c1sc(-n2cnc3ccccc32)cc1C#Cc1ccccc1.NC(=O)c1sc(-n2cnc3ccccc32)cc1CCc1ccccc1.NC(=O)c1sc(-n2cnc3ccccc32)cc1NS(=O)(=O)c1ccccc1. The van der Waals surface area contributed by atoms with Crippen LogP contribution in [-0.2, 0) is 29.5 Å². The Kier molecular flexibility index (Phi) is 27.5. The number of carbonyl (C=O) groups excluding carboxylic acids is 5. The van der Waals surface area contributed by atoms with Crippen molar-refractivity contribution >= 4 is 168 Å². The van der Waals surface area contributed by atoms with Crippen LogP contribution < -0.4 is 57.2 Å². The number of methoxy groups -OCH3 is 3. The Morgan fingerprint density at radius 1 is 0.376 bits per heavy atom. The Hall–Kier alpha value is -16.3. The zero-order valence-electron chi connectivity index (χ0n) is 71.4. The molecule has 20 aromatic rings. The molecule has 34 heteroatoms. The molecule has 664 valence electrons. The molecular formula is C99H81N17O11S6. The Morgan fingerprint density at radius 3 is 1.30 bits per heavy atom. The molecule has 0 saturated carbocycles. The minimum atomic E-state index is -3.84. The maximum Gasteiger partial charge on any atom is 0.262 e. The molecule has 0 radical (unpaired) electrons. The van der Waals surface area contributed by atoms with Crippen LogP contribution in [0.4, 0.5) is 17.1 Å². The van der Waals surface area contributed by atoms with Crippen molar-refractivity contribution in [3.05, 3.63) is 369 Å². The number of anilines is 3. The zero-order chi connectivity index (χ0) is 92.8. The molecule has 0 aliphatic heterocycles. The highest BCUT2D eigenvalue weighted by molar-refractivity contribution is 7.92. The van der Waals surface area contributed by atoms with E-state index in [2.05, 4.69) is 59.7 Å². The molecule has 133 heavy (non-hydrogen) atoms. The number of para-hydroxylation sites is 9. The van der Waals surface area contributed by atoms with E-state index >= 15 is 0 Å². The number of aromatic nitrogens is 10. The minimum Gasteiger partial charge on any atom is -0.497 e. The number of amides is 5. The van der Waals surface area contributed by atoms with Crippen LogP contribution in [0, 0.1) is 11.8 Å². The summed E-state index contributed by atoms with van der Waals surface area (Å²) in [5.74, 6) is 5.96. The molecule has 0 unspecified atom stereocenters. The van der Waals surface area contributed by atoms with Gasteiger partial charge in [-0.1, -0.05) is 157 Å². The maximum atomic E-state index is 12.6. The number of carbonyl (C=O) groups is 5. The predicted molar refractivity (Wildman–Crippen MR) is 526 cm³/mol. The van der Waals surface area contributed by atoms with Crippen molar-refractivity contribution in [1.82, 2.24) is 47.8 Å². The Bertz CT molecular complexity index is 7820. The molecule has 0 spiro atoms. The number of primary amides is 5. The molecule has 5 amide bonds. The normalized spacial score (nSPS) is 10.9. The van der Waals surface area contributed by atoms with Crippen molar-refractivity contribution in [2.75, 3.05) is 38.0 Å². The monoisotopic (exact) mass is 1880 g/mol. The van der Waals surface area contributed by atoms with Gasteiger partial charge >= 0.3 is 0 Å². The van der Waals surface area contributed by atoms with Gasteiger partial charge in [0, 0.05) is 36.5 Å². The highest BCUT2D eigenvalue weighted by atomic mass is 32.2. The number of fused-ring (bicyclic) bond motifs is 5. The van der Waals surface area contributed by atoms with Gasteiger partial charge in [-0.25, -0.2) is 33.3 Å². The molecule has 10 heterocycles. The first-order chi connectivity index (χ1) is 64.6. The predicted octanol–water partition coefficient (Wildman–Crippen LogP) is 18.3. The highest BCUT2D eigenvalue weighted by Gasteiger charge is 2.26. The van der Waals surface area contributed by atoms with Gasteiger partial charge in [0.05, 0.1) is 103 Å². The number of nitrogens with two attached hydrogens (primary N) is 5. The largest absolute Gasteiger partial charge is 0.497 e. The number of imidazole rings is 5. The van der Waals surface area contributed by atoms with Crippen molar-refractivity contribution in [2.45, 2.75) is 24.3 Å². The summed E-state index contributed by atoms with van der Waals surface area (Å²) in [6.45, 7) is 0.288. The number of rotatable bonds is 24. The van der Waals surface area contributed by atoms with E-state index in [9.17, 15) is 32.4 Å². The molecule has 0 aliphatic rings. The first-order valence-electron chi connectivity index (χ1n) is 40.8. The molecule has 20 rings (SSSR count). The molecule has 0 saturated heterocycles. The molecule has 0 aliphatic carbocycles. The third kappa shape index (κ3) is 20.4. The molecular weight excluding hydrogens is 1800 g/mol. The minimum absolute atomic E-state index is 0.0984. The third-order valence-electron chi connectivity index (χ3n) is 20.8. The molecule has 0 fully saturated rings. The van der Waals surface area contributed by atoms with Crippen molar-refractivity contribution in [1.29, 1.82) is 0 Å². The summed E-state index contributed by atoms with van der Waals surface area (Å²) < 4.78 is 59.1. The van der Waals surface area contributed by atoms with Crippen molar-refractivity contribution in [3.8, 4) is 59.8 Å². The van der Waals surface area contributed by atoms with Crippen molar-refractivity contribution < 1.29 is 51.3 Å². The summed E-state index contributed by atoms with van der Waals surface area (Å²) in [6, 6.07) is 89.3. The van der Waals surface area contributed by atoms with E-state index in [1.165, 1.54) is 63.0 Å². The summed E-state index contributed by atoms with van der Waals surface area (Å²) in [7, 11) is 2.85.